The summed E-state index contributed by atoms with van der Waals surface area (Å²) < 4.78 is 0. The summed E-state index contributed by atoms with van der Waals surface area (Å²) in [6, 6.07) is 5.54. The first kappa shape index (κ1) is 10.7. The van der Waals surface area contributed by atoms with E-state index in [2.05, 4.69) is 5.32 Å². The van der Waals surface area contributed by atoms with E-state index in [1.807, 2.05) is 19.2 Å². The van der Waals surface area contributed by atoms with E-state index >= 15 is 0 Å². The van der Waals surface area contributed by atoms with Crippen molar-refractivity contribution in [2.24, 2.45) is 0 Å². The highest BCUT2D eigenvalue weighted by atomic mass is 35.5. The van der Waals surface area contributed by atoms with Gasteiger partial charge in [0.25, 0.3) is 0 Å². The Morgan fingerprint density at radius 3 is 3.00 bits per heavy atom. The second kappa shape index (κ2) is 5.37. The minimum atomic E-state index is 0.737. The number of halogens is 1. The number of rotatable bonds is 4. The van der Waals surface area contributed by atoms with Gasteiger partial charge in [0, 0.05) is 27.9 Å². The molecule has 0 fully saturated rings. The summed E-state index contributed by atoms with van der Waals surface area (Å²) in [5.41, 5.74) is 6.57. The van der Waals surface area contributed by atoms with Crippen LogP contribution in [0.1, 0.15) is 0 Å². The SMILES string of the molecule is CNCCSc1cc(Cl)ccc1N. The zero-order valence-electron chi connectivity index (χ0n) is 7.51. The molecule has 0 amide bonds. The van der Waals surface area contributed by atoms with Gasteiger partial charge >= 0.3 is 0 Å². The lowest BCUT2D eigenvalue weighted by Crippen LogP contribution is -2.09. The lowest BCUT2D eigenvalue weighted by Gasteiger charge is -2.05. The van der Waals surface area contributed by atoms with Crippen LogP contribution >= 0.6 is 23.4 Å². The topological polar surface area (TPSA) is 38.0 Å². The molecule has 0 aliphatic heterocycles. The van der Waals surface area contributed by atoms with Crippen molar-refractivity contribution < 1.29 is 0 Å². The molecule has 0 aliphatic carbocycles. The van der Waals surface area contributed by atoms with E-state index in [0.717, 1.165) is 27.9 Å². The molecule has 0 radical (unpaired) electrons. The summed E-state index contributed by atoms with van der Waals surface area (Å²) in [5.74, 6) is 1.00. The largest absolute Gasteiger partial charge is 0.398 e. The van der Waals surface area contributed by atoms with Crippen molar-refractivity contribution in [1.29, 1.82) is 0 Å². The van der Waals surface area contributed by atoms with Crippen LogP contribution in [0.5, 0.6) is 0 Å². The van der Waals surface area contributed by atoms with Gasteiger partial charge in [0.1, 0.15) is 0 Å². The van der Waals surface area contributed by atoms with Crippen molar-refractivity contribution in [2.45, 2.75) is 4.90 Å². The van der Waals surface area contributed by atoms with Gasteiger partial charge in [-0.05, 0) is 25.2 Å². The van der Waals surface area contributed by atoms with Gasteiger partial charge in [-0.15, -0.1) is 11.8 Å². The first-order valence-electron chi connectivity index (χ1n) is 4.06. The number of hydrogen-bond acceptors (Lipinski definition) is 3. The second-order valence-corrected chi connectivity index (χ2v) is 4.21. The summed E-state index contributed by atoms with van der Waals surface area (Å²) in [6.07, 6.45) is 0. The third-order valence-corrected chi connectivity index (χ3v) is 2.89. The Hall–Kier alpha value is -0.380. The van der Waals surface area contributed by atoms with Crippen LogP contribution in [0.25, 0.3) is 0 Å². The van der Waals surface area contributed by atoms with Crippen LogP contribution in [0.15, 0.2) is 23.1 Å². The van der Waals surface area contributed by atoms with E-state index in [9.17, 15) is 0 Å². The average Bonchev–Trinajstić information content (AvgIpc) is 2.11. The van der Waals surface area contributed by atoms with Gasteiger partial charge in [0.15, 0.2) is 0 Å². The minimum absolute atomic E-state index is 0.737. The molecule has 13 heavy (non-hydrogen) atoms. The predicted octanol–water partition coefficient (Wildman–Crippen LogP) is 2.23. The predicted molar refractivity (Wildman–Crippen MR) is 60.5 cm³/mol. The van der Waals surface area contributed by atoms with Crippen molar-refractivity contribution >= 4 is 29.1 Å². The molecule has 0 aliphatic rings. The van der Waals surface area contributed by atoms with Crippen molar-refractivity contribution in [1.82, 2.24) is 5.32 Å². The molecule has 72 valence electrons. The van der Waals surface area contributed by atoms with E-state index < -0.39 is 0 Å². The molecule has 0 bridgehead atoms. The van der Waals surface area contributed by atoms with Gasteiger partial charge in [0.2, 0.25) is 0 Å². The van der Waals surface area contributed by atoms with Gasteiger partial charge in [-0.2, -0.15) is 0 Å². The number of anilines is 1. The van der Waals surface area contributed by atoms with Crippen molar-refractivity contribution in [2.75, 3.05) is 25.1 Å². The van der Waals surface area contributed by atoms with E-state index in [0.29, 0.717) is 0 Å². The zero-order chi connectivity index (χ0) is 9.68. The molecule has 4 heteroatoms. The summed E-state index contributed by atoms with van der Waals surface area (Å²) in [4.78, 5) is 1.06. The molecule has 0 saturated heterocycles. The molecule has 2 nitrogen and oxygen atoms in total. The smallest absolute Gasteiger partial charge is 0.0453 e. The molecule has 1 rings (SSSR count). The van der Waals surface area contributed by atoms with Crippen LogP contribution in [-0.4, -0.2) is 19.3 Å². The number of thioether (sulfide) groups is 1. The first-order chi connectivity index (χ1) is 6.24. The lowest BCUT2D eigenvalue weighted by molar-refractivity contribution is 0.872. The fourth-order valence-corrected chi connectivity index (χ4v) is 2.10. The van der Waals surface area contributed by atoms with E-state index in [1.54, 1.807) is 17.8 Å². The zero-order valence-corrected chi connectivity index (χ0v) is 9.08. The molecule has 1 aromatic carbocycles. The molecular formula is C9H13ClN2S. The average molecular weight is 217 g/mol. The Bertz CT molecular complexity index is 278. The Kier molecular flexibility index (Phi) is 4.42. The van der Waals surface area contributed by atoms with Crippen LogP contribution in [0.2, 0.25) is 5.02 Å². The Labute approximate surface area is 87.8 Å². The maximum atomic E-state index is 5.85. The number of benzene rings is 1. The van der Waals surface area contributed by atoms with Crippen molar-refractivity contribution in [3.8, 4) is 0 Å². The van der Waals surface area contributed by atoms with Gasteiger partial charge in [0.05, 0.1) is 0 Å². The third-order valence-electron chi connectivity index (χ3n) is 1.59. The summed E-state index contributed by atoms with van der Waals surface area (Å²) in [5, 5.41) is 3.81. The first-order valence-corrected chi connectivity index (χ1v) is 5.43. The third kappa shape index (κ3) is 3.46. The Morgan fingerprint density at radius 2 is 2.31 bits per heavy atom. The van der Waals surface area contributed by atoms with Crippen molar-refractivity contribution in [3.05, 3.63) is 23.2 Å². The van der Waals surface area contributed by atoms with Gasteiger partial charge in [-0.25, -0.2) is 0 Å². The fourth-order valence-electron chi connectivity index (χ4n) is 0.896. The fraction of sp³-hybridized carbons (Fsp3) is 0.333. The number of nitrogen functional groups attached to an aromatic ring is 1. The molecule has 0 unspecified atom stereocenters. The molecule has 0 saturated carbocycles. The molecule has 3 N–H and O–H groups in total. The number of nitrogens with two attached hydrogens (primary N) is 1. The van der Waals surface area contributed by atoms with Crippen LogP contribution in [0, 0.1) is 0 Å². The highest BCUT2D eigenvalue weighted by Gasteiger charge is 1.99. The minimum Gasteiger partial charge on any atom is -0.398 e. The summed E-state index contributed by atoms with van der Waals surface area (Å²) in [7, 11) is 1.93. The van der Waals surface area contributed by atoms with E-state index in [-0.39, 0.29) is 0 Å². The maximum absolute atomic E-state index is 5.85. The Balaban J connectivity index is 2.59. The quantitative estimate of drug-likeness (QED) is 0.461. The molecule has 0 aromatic heterocycles. The van der Waals surface area contributed by atoms with Gasteiger partial charge in [-0.1, -0.05) is 11.6 Å². The molecule has 0 spiro atoms. The lowest BCUT2D eigenvalue weighted by atomic mass is 10.3. The highest BCUT2D eigenvalue weighted by Crippen LogP contribution is 2.27. The molecular weight excluding hydrogens is 204 g/mol. The summed E-state index contributed by atoms with van der Waals surface area (Å²) >= 11 is 7.56. The second-order valence-electron chi connectivity index (χ2n) is 2.63. The van der Waals surface area contributed by atoms with Crippen LogP contribution < -0.4 is 11.1 Å². The van der Waals surface area contributed by atoms with Gasteiger partial charge in [-0.3, -0.25) is 0 Å². The molecule has 1 aromatic rings. The number of hydrogen-bond donors (Lipinski definition) is 2. The standard InChI is InChI=1S/C9H13ClN2S/c1-12-4-5-13-9-6-7(10)2-3-8(9)11/h2-3,6,12H,4-5,11H2,1H3. The van der Waals surface area contributed by atoms with E-state index in [1.165, 1.54) is 0 Å². The van der Waals surface area contributed by atoms with Crippen LogP contribution in [-0.2, 0) is 0 Å². The summed E-state index contributed by atoms with van der Waals surface area (Å²) in [6.45, 7) is 0.969. The van der Waals surface area contributed by atoms with Crippen LogP contribution in [0.4, 0.5) is 5.69 Å². The molecule has 0 atom stereocenters. The number of nitrogens with one attached hydrogen (secondary N) is 1. The molecule has 0 heterocycles. The van der Waals surface area contributed by atoms with Crippen molar-refractivity contribution in [3.63, 3.8) is 0 Å². The Morgan fingerprint density at radius 1 is 1.54 bits per heavy atom. The van der Waals surface area contributed by atoms with E-state index in [4.69, 9.17) is 17.3 Å². The maximum Gasteiger partial charge on any atom is 0.0453 e. The normalized spacial score (nSPS) is 10.3. The highest BCUT2D eigenvalue weighted by molar-refractivity contribution is 7.99. The monoisotopic (exact) mass is 216 g/mol. The van der Waals surface area contributed by atoms with Gasteiger partial charge < -0.3 is 11.1 Å². The van der Waals surface area contributed by atoms with Crippen LogP contribution in [0.3, 0.4) is 0 Å².